The van der Waals surface area contributed by atoms with Gasteiger partial charge in [-0.1, -0.05) is 36.9 Å². The van der Waals surface area contributed by atoms with Gasteiger partial charge in [0.15, 0.2) is 5.41 Å². The zero-order valence-electron chi connectivity index (χ0n) is 12.0. The molecule has 1 rings (SSSR count). The molecule has 0 aromatic heterocycles. The molecule has 0 spiro atoms. The minimum atomic E-state index is -1.19. The molecule has 0 radical (unpaired) electrons. The van der Waals surface area contributed by atoms with Crippen molar-refractivity contribution in [1.82, 2.24) is 0 Å². The van der Waals surface area contributed by atoms with Crippen LogP contribution in [0.5, 0.6) is 0 Å². The lowest BCUT2D eigenvalue weighted by Crippen LogP contribution is -2.29. The van der Waals surface area contributed by atoms with Gasteiger partial charge in [0.05, 0.1) is 12.7 Å². The third-order valence-electron chi connectivity index (χ3n) is 3.05. The van der Waals surface area contributed by atoms with Crippen LogP contribution in [0, 0.1) is 16.7 Å². The van der Waals surface area contributed by atoms with Gasteiger partial charge in [-0.2, -0.15) is 5.26 Å². The number of benzene rings is 1. The highest BCUT2D eigenvalue weighted by atomic mass is 16.5. The van der Waals surface area contributed by atoms with Crippen molar-refractivity contribution in [3.05, 3.63) is 53.8 Å². The standard InChI is InChI=1S/C17H19NO2/c1-4-14(11-15-9-7-6-8-10-15)12-17(3,13-18)16(19)20-5-2/h6-10H,1,5,11-12H2,2-3H3. The van der Waals surface area contributed by atoms with Crippen LogP contribution in [0.15, 0.2) is 48.2 Å². The van der Waals surface area contributed by atoms with E-state index < -0.39 is 11.4 Å². The van der Waals surface area contributed by atoms with Gasteiger partial charge in [-0.3, -0.25) is 4.79 Å². The molecule has 0 bridgehead atoms. The summed E-state index contributed by atoms with van der Waals surface area (Å²) in [6.45, 7) is 7.24. The maximum atomic E-state index is 11.9. The van der Waals surface area contributed by atoms with E-state index in [0.29, 0.717) is 6.42 Å². The third kappa shape index (κ3) is 4.12. The first-order valence-corrected chi connectivity index (χ1v) is 6.56. The molecule has 0 aliphatic rings. The third-order valence-corrected chi connectivity index (χ3v) is 3.05. The summed E-state index contributed by atoms with van der Waals surface area (Å²) in [6.07, 6.45) is 0.905. The van der Waals surface area contributed by atoms with Gasteiger partial charge in [0.25, 0.3) is 0 Å². The molecule has 0 amide bonds. The molecule has 0 heterocycles. The molecular formula is C17H19NO2. The molecule has 0 N–H and O–H groups in total. The molecule has 0 saturated carbocycles. The number of hydrogen-bond donors (Lipinski definition) is 0. The van der Waals surface area contributed by atoms with Crippen molar-refractivity contribution in [3.8, 4) is 6.07 Å². The van der Waals surface area contributed by atoms with Crippen LogP contribution in [0.1, 0.15) is 25.8 Å². The van der Waals surface area contributed by atoms with Crippen LogP contribution >= 0.6 is 0 Å². The maximum Gasteiger partial charge on any atom is 0.326 e. The number of carbonyl (C=O) groups is 1. The van der Waals surface area contributed by atoms with Crippen LogP contribution in [-0.2, 0) is 16.0 Å². The molecular weight excluding hydrogens is 250 g/mol. The fourth-order valence-corrected chi connectivity index (χ4v) is 1.90. The van der Waals surface area contributed by atoms with Crippen molar-refractivity contribution >= 4 is 5.97 Å². The summed E-state index contributed by atoms with van der Waals surface area (Å²) in [5.41, 5.74) is 3.58. The zero-order valence-corrected chi connectivity index (χ0v) is 12.0. The second-order valence-corrected chi connectivity index (χ2v) is 4.78. The number of allylic oxidation sites excluding steroid dienone is 1. The first kappa shape index (κ1) is 15.8. The number of nitrogens with zero attached hydrogens (tertiary/aromatic N) is 1. The van der Waals surface area contributed by atoms with Gasteiger partial charge in [0, 0.05) is 12.8 Å². The van der Waals surface area contributed by atoms with Crippen molar-refractivity contribution < 1.29 is 9.53 Å². The molecule has 104 valence electrons. The lowest BCUT2D eigenvalue weighted by molar-refractivity contribution is -0.151. The largest absolute Gasteiger partial charge is 0.465 e. The van der Waals surface area contributed by atoms with Crippen LogP contribution in [0.4, 0.5) is 0 Å². The quantitative estimate of drug-likeness (QED) is 0.587. The summed E-state index contributed by atoms with van der Waals surface area (Å²) in [7, 11) is 0. The summed E-state index contributed by atoms with van der Waals surface area (Å²) in [6, 6.07) is 11.9. The van der Waals surface area contributed by atoms with Crippen molar-refractivity contribution in [2.75, 3.05) is 6.61 Å². The summed E-state index contributed by atoms with van der Waals surface area (Å²) in [5, 5.41) is 9.28. The Hall–Kier alpha value is -2.30. The van der Waals surface area contributed by atoms with Gasteiger partial charge in [0.1, 0.15) is 0 Å². The van der Waals surface area contributed by atoms with Crippen LogP contribution in [0.3, 0.4) is 0 Å². The highest BCUT2D eigenvalue weighted by Crippen LogP contribution is 2.28. The first-order chi connectivity index (χ1) is 9.55. The predicted octanol–water partition coefficient (Wildman–Crippen LogP) is 3.42. The van der Waals surface area contributed by atoms with Gasteiger partial charge >= 0.3 is 5.97 Å². The summed E-state index contributed by atoms with van der Waals surface area (Å²) >= 11 is 0. The number of ether oxygens (including phenoxy) is 1. The van der Waals surface area contributed by atoms with E-state index in [0.717, 1.165) is 11.1 Å². The Bertz CT molecular complexity index is 550. The van der Waals surface area contributed by atoms with Crippen molar-refractivity contribution in [2.45, 2.75) is 26.7 Å². The van der Waals surface area contributed by atoms with Crippen LogP contribution in [0.25, 0.3) is 0 Å². The molecule has 0 aliphatic carbocycles. The average Bonchev–Trinajstić information content (AvgIpc) is 2.47. The van der Waals surface area contributed by atoms with E-state index in [1.807, 2.05) is 30.3 Å². The molecule has 0 aliphatic heterocycles. The smallest absolute Gasteiger partial charge is 0.326 e. The van der Waals surface area contributed by atoms with E-state index in [2.05, 4.69) is 18.4 Å². The lowest BCUT2D eigenvalue weighted by Gasteiger charge is -2.20. The molecule has 0 fully saturated rings. The van der Waals surface area contributed by atoms with E-state index in [4.69, 9.17) is 4.74 Å². The van der Waals surface area contributed by atoms with E-state index in [-0.39, 0.29) is 13.0 Å². The van der Waals surface area contributed by atoms with E-state index in [1.165, 1.54) is 0 Å². The fraction of sp³-hybridized carbons (Fsp3) is 0.353. The van der Waals surface area contributed by atoms with Gasteiger partial charge in [-0.15, -0.1) is 5.73 Å². The Morgan fingerprint density at radius 2 is 2.05 bits per heavy atom. The molecule has 3 heteroatoms. The minimum absolute atomic E-state index is 0.266. The Balaban J connectivity index is 2.85. The average molecular weight is 269 g/mol. The summed E-state index contributed by atoms with van der Waals surface area (Å²) < 4.78 is 4.97. The van der Waals surface area contributed by atoms with Crippen molar-refractivity contribution in [3.63, 3.8) is 0 Å². The van der Waals surface area contributed by atoms with Gasteiger partial charge in [0.2, 0.25) is 0 Å². The second-order valence-electron chi connectivity index (χ2n) is 4.78. The molecule has 1 aromatic rings. The Morgan fingerprint density at radius 3 is 2.55 bits per heavy atom. The number of nitriles is 1. The Kier molecular flexibility index (Phi) is 5.77. The summed E-state index contributed by atoms with van der Waals surface area (Å²) in [5.74, 6) is -0.497. The SMILES string of the molecule is C=C=C(Cc1ccccc1)CC(C)(C#N)C(=O)OCC. The molecule has 1 unspecified atom stereocenters. The topological polar surface area (TPSA) is 50.1 Å². The van der Waals surface area contributed by atoms with E-state index >= 15 is 0 Å². The molecule has 1 aromatic carbocycles. The number of carbonyl (C=O) groups excluding carboxylic acids is 1. The van der Waals surface area contributed by atoms with Crippen LogP contribution < -0.4 is 0 Å². The summed E-state index contributed by atoms with van der Waals surface area (Å²) in [4.78, 5) is 11.9. The zero-order chi connectivity index (χ0) is 15.0. The van der Waals surface area contributed by atoms with Crippen LogP contribution in [0.2, 0.25) is 0 Å². The first-order valence-electron chi connectivity index (χ1n) is 6.56. The van der Waals surface area contributed by atoms with Gasteiger partial charge < -0.3 is 4.74 Å². The maximum absolute atomic E-state index is 11.9. The normalized spacial score (nSPS) is 12.7. The monoisotopic (exact) mass is 269 g/mol. The molecule has 20 heavy (non-hydrogen) atoms. The minimum Gasteiger partial charge on any atom is -0.465 e. The lowest BCUT2D eigenvalue weighted by atomic mass is 9.83. The molecule has 0 saturated heterocycles. The van der Waals surface area contributed by atoms with E-state index in [1.54, 1.807) is 13.8 Å². The predicted molar refractivity (Wildman–Crippen MR) is 77.8 cm³/mol. The van der Waals surface area contributed by atoms with Crippen molar-refractivity contribution in [1.29, 1.82) is 5.26 Å². The van der Waals surface area contributed by atoms with Gasteiger partial charge in [-0.25, -0.2) is 0 Å². The van der Waals surface area contributed by atoms with Crippen molar-refractivity contribution in [2.24, 2.45) is 5.41 Å². The highest BCUT2D eigenvalue weighted by Gasteiger charge is 2.35. The molecule has 3 nitrogen and oxygen atoms in total. The number of rotatable bonds is 6. The number of hydrogen-bond acceptors (Lipinski definition) is 3. The highest BCUT2D eigenvalue weighted by molar-refractivity contribution is 5.80. The fourth-order valence-electron chi connectivity index (χ4n) is 1.90. The Labute approximate surface area is 120 Å². The second kappa shape index (κ2) is 7.33. The van der Waals surface area contributed by atoms with Crippen LogP contribution in [-0.4, -0.2) is 12.6 Å². The van der Waals surface area contributed by atoms with Gasteiger partial charge in [-0.05, 0) is 25.0 Å². The van der Waals surface area contributed by atoms with E-state index in [9.17, 15) is 10.1 Å². The number of esters is 1. The Morgan fingerprint density at radius 1 is 1.40 bits per heavy atom. The molecule has 1 atom stereocenters.